The van der Waals surface area contributed by atoms with Gasteiger partial charge < -0.3 is 10.0 Å². The number of aliphatic hydroxyl groups is 1. The molecule has 0 bridgehead atoms. The molecule has 0 spiro atoms. The Morgan fingerprint density at radius 2 is 2.28 bits per heavy atom. The van der Waals surface area contributed by atoms with E-state index >= 15 is 0 Å². The maximum atomic E-state index is 11.8. The molecule has 0 unspecified atom stereocenters. The summed E-state index contributed by atoms with van der Waals surface area (Å²) in [7, 11) is 3.62. The van der Waals surface area contributed by atoms with E-state index in [9.17, 15) is 4.79 Å². The summed E-state index contributed by atoms with van der Waals surface area (Å²) < 4.78 is 1.71. The highest BCUT2D eigenvalue weighted by Crippen LogP contribution is 2.01. The topological polar surface area (TPSA) is 58.4 Å². The van der Waals surface area contributed by atoms with Crippen molar-refractivity contribution in [2.75, 3.05) is 20.2 Å². The second-order valence-electron chi connectivity index (χ2n) is 4.26. The normalized spacial score (nSPS) is 11.1. The first-order chi connectivity index (χ1) is 8.65. The molecule has 1 heterocycles. The van der Waals surface area contributed by atoms with Crippen molar-refractivity contribution in [1.29, 1.82) is 0 Å². The van der Waals surface area contributed by atoms with E-state index in [1.165, 1.54) is 0 Å². The van der Waals surface area contributed by atoms with Gasteiger partial charge in [-0.25, -0.2) is 0 Å². The summed E-state index contributed by atoms with van der Waals surface area (Å²) in [5.41, 5.74) is 0.900. The highest BCUT2D eigenvalue weighted by molar-refractivity contribution is 5.91. The summed E-state index contributed by atoms with van der Waals surface area (Å²) in [6.45, 7) is 0.937. The first-order valence-corrected chi connectivity index (χ1v) is 6.17. The maximum Gasteiger partial charge on any atom is 0.246 e. The van der Waals surface area contributed by atoms with Crippen LogP contribution in [0.3, 0.4) is 0 Å². The lowest BCUT2D eigenvalue weighted by Crippen LogP contribution is -2.25. The number of aliphatic hydroxyl groups excluding tert-OH is 1. The lowest BCUT2D eigenvalue weighted by molar-refractivity contribution is -0.124. The van der Waals surface area contributed by atoms with Gasteiger partial charge in [-0.15, -0.1) is 0 Å². The first kappa shape index (κ1) is 14.4. The zero-order chi connectivity index (χ0) is 13.4. The molecule has 0 atom stereocenters. The summed E-state index contributed by atoms with van der Waals surface area (Å²) in [6.07, 6.45) is 7.68. The number of likely N-dealkylation sites (N-methyl/N-ethyl adjacent to an activating group) is 1. The Hall–Kier alpha value is -1.62. The molecular formula is C13H21N3O2. The minimum absolute atomic E-state index is 0.0137. The average molecular weight is 251 g/mol. The number of hydrogen-bond acceptors (Lipinski definition) is 3. The molecule has 0 aliphatic carbocycles. The van der Waals surface area contributed by atoms with E-state index in [0.29, 0.717) is 6.54 Å². The number of nitrogens with zero attached hydrogens (tertiary/aromatic N) is 3. The van der Waals surface area contributed by atoms with Crippen LogP contribution in [-0.4, -0.2) is 45.9 Å². The van der Waals surface area contributed by atoms with Crippen LogP contribution in [0.5, 0.6) is 0 Å². The number of rotatable bonds is 7. The van der Waals surface area contributed by atoms with Crippen molar-refractivity contribution in [1.82, 2.24) is 14.7 Å². The molecule has 1 aromatic heterocycles. The average Bonchev–Trinajstić information content (AvgIpc) is 2.77. The quantitative estimate of drug-likeness (QED) is 0.582. The molecule has 0 aromatic carbocycles. The monoisotopic (exact) mass is 251 g/mol. The van der Waals surface area contributed by atoms with Crippen LogP contribution in [0.25, 0.3) is 6.08 Å². The molecule has 5 nitrogen and oxygen atoms in total. The van der Waals surface area contributed by atoms with Crippen LogP contribution in [0.4, 0.5) is 0 Å². The third kappa shape index (κ3) is 4.71. The van der Waals surface area contributed by atoms with Gasteiger partial charge in [0, 0.05) is 39.5 Å². The summed E-state index contributed by atoms with van der Waals surface area (Å²) >= 11 is 0. The van der Waals surface area contributed by atoms with Crippen LogP contribution in [0.15, 0.2) is 18.3 Å². The van der Waals surface area contributed by atoms with Crippen molar-refractivity contribution >= 4 is 12.0 Å². The van der Waals surface area contributed by atoms with Crippen molar-refractivity contribution in [3.8, 4) is 0 Å². The zero-order valence-electron chi connectivity index (χ0n) is 11.0. The second-order valence-corrected chi connectivity index (χ2v) is 4.26. The molecule has 1 amide bonds. The van der Waals surface area contributed by atoms with Gasteiger partial charge in [-0.05, 0) is 31.4 Å². The molecular weight excluding hydrogens is 230 g/mol. The van der Waals surface area contributed by atoms with E-state index in [1.807, 2.05) is 13.1 Å². The lowest BCUT2D eigenvalue weighted by Gasteiger charge is -2.14. The third-order valence-corrected chi connectivity index (χ3v) is 2.78. The Bertz CT molecular complexity index is 399. The molecule has 0 radical (unpaired) electrons. The van der Waals surface area contributed by atoms with Crippen molar-refractivity contribution in [2.45, 2.75) is 19.3 Å². The number of carbonyl (C=O) groups excluding carboxylic acids is 1. The molecule has 0 saturated heterocycles. The van der Waals surface area contributed by atoms with Crippen LogP contribution >= 0.6 is 0 Å². The first-order valence-electron chi connectivity index (χ1n) is 6.17. The predicted molar refractivity (Wildman–Crippen MR) is 70.8 cm³/mol. The second kappa shape index (κ2) is 7.66. The van der Waals surface area contributed by atoms with Gasteiger partial charge in [-0.2, -0.15) is 5.10 Å². The van der Waals surface area contributed by atoms with Crippen molar-refractivity contribution in [2.24, 2.45) is 7.05 Å². The molecule has 0 saturated carbocycles. The van der Waals surface area contributed by atoms with Gasteiger partial charge in [-0.1, -0.05) is 0 Å². The molecule has 100 valence electrons. The lowest BCUT2D eigenvalue weighted by atomic mass is 10.2. The molecule has 1 rings (SSSR count). The van der Waals surface area contributed by atoms with Crippen molar-refractivity contribution in [3.63, 3.8) is 0 Å². The van der Waals surface area contributed by atoms with Gasteiger partial charge >= 0.3 is 0 Å². The minimum atomic E-state index is -0.0137. The van der Waals surface area contributed by atoms with Crippen molar-refractivity contribution < 1.29 is 9.90 Å². The summed E-state index contributed by atoms with van der Waals surface area (Å²) in [4.78, 5) is 13.5. The van der Waals surface area contributed by atoms with Crippen LogP contribution < -0.4 is 0 Å². The fourth-order valence-corrected chi connectivity index (χ4v) is 1.58. The van der Waals surface area contributed by atoms with Crippen LogP contribution in [0.2, 0.25) is 0 Å². The number of amides is 1. The van der Waals surface area contributed by atoms with E-state index in [0.717, 1.165) is 25.0 Å². The van der Waals surface area contributed by atoms with Gasteiger partial charge in [-0.3, -0.25) is 9.48 Å². The fraction of sp³-hybridized carbons (Fsp3) is 0.538. The highest BCUT2D eigenvalue weighted by Gasteiger charge is 2.04. The van der Waals surface area contributed by atoms with Gasteiger partial charge in [0.25, 0.3) is 0 Å². The number of unbranched alkanes of at least 4 members (excludes halogenated alkanes) is 2. The number of aromatic nitrogens is 2. The molecule has 5 heteroatoms. The maximum absolute atomic E-state index is 11.8. The van der Waals surface area contributed by atoms with E-state index in [1.54, 1.807) is 35.0 Å². The van der Waals surface area contributed by atoms with Gasteiger partial charge in [0.1, 0.15) is 0 Å². The molecule has 0 fully saturated rings. The van der Waals surface area contributed by atoms with Crippen molar-refractivity contribution in [3.05, 3.63) is 24.0 Å². The number of hydrogen-bond donors (Lipinski definition) is 1. The minimum Gasteiger partial charge on any atom is -0.396 e. The molecule has 1 aromatic rings. The van der Waals surface area contributed by atoms with E-state index < -0.39 is 0 Å². The largest absolute Gasteiger partial charge is 0.396 e. The summed E-state index contributed by atoms with van der Waals surface area (Å²) in [6, 6.07) is 1.85. The SMILES string of the molecule is CN(CCCCCO)C(=O)/C=C/c1ccnn1C. The Balaban J connectivity index is 2.35. The van der Waals surface area contributed by atoms with Gasteiger partial charge in [0.05, 0.1) is 5.69 Å². The summed E-state index contributed by atoms with van der Waals surface area (Å²) in [5.74, 6) is -0.0137. The van der Waals surface area contributed by atoms with Gasteiger partial charge in [0.2, 0.25) is 5.91 Å². The molecule has 1 N–H and O–H groups in total. The van der Waals surface area contributed by atoms with Crippen LogP contribution in [0, 0.1) is 0 Å². The fourth-order valence-electron chi connectivity index (χ4n) is 1.58. The highest BCUT2D eigenvalue weighted by atomic mass is 16.2. The predicted octanol–water partition coefficient (Wildman–Crippen LogP) is 1.05. The van der Waals surface area contributed by atoms with Crippen LogP contribution in [-0.2, 0) is 11.8 Å². The number of carbonyl (C=O) groups is 1. The van der Waals surface area contributed by atoms with Gasteiger partial charge in [0.15, 0.2) is 0 Å². The molecule has 0 aliphatic heterocycles. The van der Waals surface area contributed by atoms with E-state index in [2.05, 4.69) is 5.10 Å². The summed E-state index contributed by atoms with van der Waals surface area (Å²) in [5, 5.41) is 12.7. The van der Waals surface area contributed by atoms with Crippen LogP contribution in [0.1, 0.15) is 25.0 Å². The zero-order valence-corrected chi connectivity index (χ0v) is 11.0. The molecule has 18 heavy (non-hydrogen) atoms. The number of aryl methyl sites for hydroxylation is 1. The Morgan fingerprint density at radius 1 is 1.50 bits per heavy atom. The van der Waals surface area contributed by atoms with E-state index in [-0.39, 0.29) is 12.5 Å². The Labute approximate surface area is 108 Å². The third-order valence-electron chi connectivity index (χ3n) is 2.78. The standard InChI is InChI=1S/C13H21N3O2/c1-15(10-4-3-5-11-17)13(18)7-6-12-8-9-14-16(12)2/h6-9,17H,3-5,10-11H2,1-2H3/b7-6+. The smallest absolute Gasteiger partial charge is 0.246 e. The Morgan fingerprint density at radius 3 is 2.89 bits per heavy atom. The molecule has 0 aliphatic rings. The van der Waals surface area contributed by atoms with E-state index in [4.69, 9.17) is 5.11 Å². The Kier molecular flexibility index (Phi) is 6.14.